The average molecular weight is 458 g/mol. The molecule has 0 bridgehead atoms. The number of carbonyl (C=O) groups is 1. The summed E-state index contributed by atoms with van der Waals surface area (Å²) in [5, 5.41) is 5.96. The molecule has 0 unspecified atom stereocenters. The second-order valence-electron chi connectivity index (χ2n) is 6.35. The molecule has 0 radical (unpaired) electrons. The molecule has 1 amide bonds. The lowest BCUT2D eigenvalue weighted by atomic mass is 10.1. The van der Waals surface area contributed by atoms with Gasteiger partial charge in [-0.15, -0.1) is 0 Å². The van der Waals surface area contributed by atoms with Crippen molar-refractivity contribution in [1.29, 1.82) is 0 Å². The van der Waals surface area contributed by atoms with Gasteiger partial charge >= 0.3 is 6.18 Å². The van der Waals surface area contributed by atoms with E-state index in [-0.39, 0.29) is 28.8 Å². The molecule has 0 aliphatic carbocycles. The van der Waals surface area contributed by atoms with Gasteiger partial charge in [0.05, 0.1) is 27.1 Å². The molecule has 6 nitrogen and oxygen atoms in total. The van der Waals surface area contributed by atoms with E-state index in [1.165, 1.54) is 43.3 Å². The summed E-state index contributed by atoms with van der Waals surface area (Å²) in [7, 11) is 0. The summed E-state index contributed by atoms with van der Waals surface area (Å²) in [5.74, 6) is 0.376. The summed E-state index contributed by atoms with van der Waals surface area (Å²) < 4.78 is 50.8. The molecule has 1 N–H and O–H groups in total. The molecule has 1 aliphatic rings. The Labute approximate surface area is 178 Å². The maximum absolute atomic E-state index is 13.1. The molecule has 4 rings (SSSR count). The molecule has 0 atom stereocenters. The maximum Gasteiger partial charge on any atom is 0.436 e. The number of nitrogens with one attached hydrogen (secondary N) is 1. The molecule has 0 saturated heterocycles. The van der Waals surface area contributed by atoms with Crippen LogP contribution in [0.2, 0.25) is 10.0 Å². The van der Waals surface area contributed by atoms with Crippen LogP contribution in [0.5, 0.6) is 11.5 Å². The Bertz CT molecular complexity index is 1160. The van der Waals surface area contributed by atoms with Gasteiger partial charge in [0.15, 0.2) is 17.2 Å². The number of benzene rings is 2. The maximum atomic E-state index is 13.1. The third kappa shape index (κ3) is 3.66. The van der Waals surface area contributed by atoms with Gasteiger partial charge in [0.25, 0.3) is 5.91 Å². The van der Waals surface area contributed by atoms with Gasteiger partial charge in [-0.25, -0.2) is 4.68 Å². The second kappa shape index (κ2) is 7.41. The number of nitrogens with zero attached hydrogens (tertiary/aromatic N) is 2. The minimum absolute atomic E-state index is 0.0524. The van der Waals surface area contributed by atoms with Crippen molar-refractivity contribution in [3.8, 4) is 17.2 Å². The smallest absolute Gasteiger partial charge is 0.436 e. The number of amides is 1. The van der Waals surface area contributed by atoms with Crippen LogP contribution in [-0.4, -0.2) is 22.5 Å². The molecule has 156 valence electrons. The molecule has 2 heterocycles. The lowest BCUT2D eigenvalue weighted by molar-refractivity contribution is -0.141. The van der Waals surface area contributed by atoms with Crippen LogP contribution in [-0.2, 0) is 6.18 Å². The van der Waals surface area contributed by atoms with E-state index in [0.29, 0.717) is 17.2 Å². The molecule has 11 heteroatoms. The molecular weight excluding hydrogens is 446 g/mol. The Balaban J connectivity index is 1.64. The number of rotatable bonds is 3. The fourth-order valence-corrected chi connectivity index (χ4v) is 3.33. The van der Waals surface area contributed by atoms with Gasteiger partial charge in [-0.2, -0.15) is 18.3 Å². The first-order valence-electron chi connectivity index (χ1n) is 8.48. The van der Waals surface area contributed by atoms with Crippen molar-refractivity contribution < 1.29 is 27.4 Å². The lowest BCUT2D eigenvalue weighted by Crippen LogP contribution is -2.13. The fourth-order valence-electron chi connectivity index (χ4n) is 2.90. The lowest BCUT2D eigenvalue weighted by Gasteiger charge is -2.10. The molecule has 0 spiro atoms. The molecule has 0 saturated carbocycles. The number of aromatic nitrogens is 2. The van der Waals surface area contributed by atoms with Crippen LogP contribution in [0.15, 0.2) is 36.4 Å². The van der Waals surface area contributed by atoms with Crippen LogP contribution >= 0.6 is 23.2 Å². The summed E-state index contributed by atoms with van der Waals surface area (Å²) in [6.45, 7) is 1.46. The first-order chi connectivity index (χ1) is 14.1. The largest absolute Gasteiger partial charge is 0.454 e. The number of fused-ring (bicyclic) bond motifs is 1. The zero-order valence-corrected chi connectivity index (χ0v) is 16.7. The molecular formula is C19H12Cl2F3N3O3. The standard InChI is InChI=1S/C19H12Cl2F3N3O3/c1-9-16(21)17(19(22,23)24)26-27(9)11-4-2-3-10(5-11)18(28)25-13-7-15-14(6-12(13)20)29-8-30-15/h2-7H,8H2,1H3,(H,25,28). The highest BCUT2D eigenvalue weighted by Crippen LogP contribution is 2.39. The normalized spacial score (nSPS) is 12.9. The highest BCUT2D eigenvalue weighted by molar-refractivity contribution is 6.34. The predicted octanol–water partition coefficient (Wildman–Crippen LogP) is 5.49. The Morgan fingerprint density at radius 2 is 1.87 bits per heavy atom. The third-order valence-corrected chi connectivity index (χ3v) is 5.14. The van der Waals surface area contributed by atoms with E-state index in [0.717, 1.165) is 4.68 Å². The number of anilines is 1. The van der Waals surface area contributed by atoms with Gasteiger partial charge in [-0.1, -0.05) is 29.3 Å². The van der Waals surface area contributed by atoms with Crippen LogP contribution in [0.1, 0.15) is 21.7 Å². The van der Waals surface area contributed by atoms with E-state index in [4.69, 9.17) is 32.7 Å². The van der Waals surface area contributed by atoms with Gasteiger partial charge in [0.2, 0.25) is 6.79 Å². The van der Waals surface area contributed by atoms with Crippen molar-refractivity contribution in [2.24, 2.45) is 0 Å². The summed E-state index contributed by atoms with van der Waals surface area (Å²) in [6.07, 6.45) is -4.70. The first-order valence-corrected chi connectivity index (χ1v) is 9.24. The van der Waals surface area contributed by atoms with Crippen molar-refractivity contribution in [2.45, 2.75) is 13.1 Å². The Morgan fingerprint density at radius 1 is 1.17 bits per heavy atom. The molecule has 0 fully saturated rings. The quantitative estimate of drug-likeness (QED) is 0.564. The van der Waals surface area contributed by atoms with Gasteiger partial charge in [0.1, 0.15) is 0 Å². The van der Waals surface area contributed by atoms with Crippen LogP contribution in [0.25, 0.3) is 5.69 Å². The molecule has 1 aromatic heterocycles. The van der Waals surface area contributed by atoms with Crippen LogP contribution in [0, 0.1) is 6.92 Å². The summed E-state index contributed by atoms with van der Waals surface area (Å²) in [4.78, 5) is 12.7. The Kier molecular flexibility index (Phi) is 5.03. The van der Waals surface area contributed by atoms with Crippen LogP contribution in [0.4, 0.5) is 18.9 Å². The Hall–Kier alpha value is -2.91. The fraction of sp³-hybridized carbons (Fsp3) is 0.158. The zero-order chi connectivity index (χ0) is 21.6. The number of hydrogen-bond donors (Lipinski definition) is 1. The van der Waals surface area contributed by atoms with E-state index in [9.17, 15) is 18.0 Å². The molecule has 30 heavy (non-hydrogen) atoms. The number of ether oxygens (including phenoxy) is 2. The van der Waals surface area contributed by atoms with Gasteiger partial charge < -0.3 is 14.8 Å². The van der Waals surface area contributed by atoms with Crippen molar-refractivity contribution in [2.75, 3.05) is 12.1 Å². The molecule has 3 aromatic rings. The van der Waals surface area contributed by atoms with E-state index >= 15 is 0 Å². The Morgan fingerprint density at radius 3 is 2.53 bits per heavy atom. The highest BCUT2D eigenvalue weighted by Gasteiger charge is 2.38. The minimum Gasteiger partial charge on any atom is -0.454 e. The van der Waals surface area contributed by atoms with Crippen LogP contribution in [0.3, 0.4) is 0 Å². The number of alkyl halides is 3. The topological polar surface area (TPSA) is 65.4 Å². The average Bonchev–Trinajstić information content (AvgIpc) is 3.26. The summed E-state index contributed by atoms with van der Waals surface area (Å²) in [6, 6.07) is 8.98. The van der Waals surface area contributed by atoms with Crippen molar-refractivity contribution in [3.63, 3.8) is 0 Å². The monoisotopic (exact) mass is 457 g/mol. The predicted molar refractivity (Wildman–Crippen MR) is 104 cm³/mol. The van der Waals surface area contributed by atoms with Crippen molar-refractivity contribution in [1.82, 2.24) is 9.78 Å². The summed E-state index contributed by atoms with van der Waals surface area (Å²) >= 11 is 12.0. The number of carbonyl (C=O) groups excluding carboxylic acids is 1. The zero-order valence-electron chi connectivity index (χ0n) is 15.2. The van der Waals surface area contributed by atoms with Crippen LogP contribution < -0.4 is 14.8 Å². The van der Waals surface area contributed by atoms with Gasteiger partial charge in [-0.3, -0.25) is 4.79 Å². The van der Waals surface area contributed by atoms with Crippen molar-refractivity contribution in [3.05, 3.63) is 63.4 Å². The van der Waals surface area contributed by atoms with Crippen molar-refractivity contribution >= 4 is 34.8 Å². The van der Waals surface area contributed by atoms with E-state index in [1.807, 2.05) is 0 Å². The number of hydrogen-bond acceptors (Lipinski definition) is 4. The third-order valence-electron chi connectivity index (χ3n) is 4.38. The SMILES string of the molecule is Cc1c(Cl)c(C(F)(F)F)nn1-c1cccc(C(=O)Nc2cc3c(cc2Cl)OCO3)c1. The van der Waals surface area contributed by atoms with Gasteiger partial charge in [-0.05, 0) is 25.1 Å². The van der Waals surface area contributed by atoms with E-state index in [2.05, 4.69) is 10.4 Å². The minimum atomic E-state index is -4.70. The van der Waals surface area contributed by atoms with Gasteiger partial charge in [0, 0.05) is 17.7 Å². The second-order valence-corrected chi connectivity index (χ2v) is 7.13. The molecule has 2 aromatic carbocycles. The summed E-state index contributed by atoms with van der Waals surface area (Å²) in [5.41, 5.74) is -0.367. The first kappa shape index (κ1) is 20.4. The molecule has 1 aliphatic heterocycles. The van der Waals surface area contributed by atoms with E-state index in [1.54, 1.807) is 0 Å². The highest BCUT2D eigenvalue weighted by atomic mass is 35.5. The van der Waals surface area contributed by atoms with E-state index < -0.39 is 22.8 Å². The number of halogens is 5.